The van der Waals surface area contributed by atoms with Crippen LogP contribution in [0.25, 0.3) is 0 Å². The fourth-order valence-electron chi connectivity index (χ4n) is 1.20. The SMILES string of the molecule is Cn1cnc(CNCc2sccc2Br)n1. The Hall–Kier alpha value is -0.720. The van der Waals surface area contributed by atoms with E-state index in [1.807, 2.05) is 7.05 Å². The molecule has 0 bridgehead atoms. The van der Waals surface area contributed by atoms with Gasteiger partial charge in [0.2, 0.25) is 0 Å². The van der Waals surface area contributed by atoms with E-state index in [4.69, 9.17) is 0 Å². The lowest BCUT2D eigenvalue weighted by molar-refractivity contribution is 0.653. The highest BCUT2D eigenvalue weighted by Crippen LogP contribution is 2.22. The number of aromatic nitrogens is 3. The Morgan fingerprint density at radius 2 is 2.40 bits per heavy atom. The molecule has 2 heterocycles. The highest BCUT2D eigenvalue weighted by atomic mass is 79.9. The number of thiophene rings is 1. The molecule has 80 valence electrons. The first-order valence-electron chi connectivity index (χ1n) is 4.53. The molecule has 1 N–H and O–H groups in total. The van der Waals surface area contributed by atoms with Crippen molar-refractivity contribution in [2.45, 2.75) is 13.1 Å². The smallest absolute Gasteiger partial charge is 0.164 e. The van der Waals surface area contributed by atoms with Crippen molar-refractivity contribution >= 4 is 27.3 Å². The summed E-state index contributed by atoms with van der Waals surface area (Å²) < 4.78 is 2.87. The maximum Gasteiger partial charge on any atom is 0.164 e. The molecule has 0 atom stereocenters. The number of rotatable bonds is 4. The van der Waals surface area contributed by atoms with Gasteiger partial charge in [0.1, 0.15) is 6.33 Å². The molecule has 0 radical (unpaired) electrons. The standard InChI is InChI=1S/C9H11BrN4S/c1-14-6-12-9(13-14)5-11-4-8-7(10)2-3-15-8/h2-3,6,11H,4-5H2,1H3. The molecule has 0 spiro atoms. The van der Waals surface area contributed by atoms with Gasteiger partial charge in [-0.3, -0.25) is 4.68 Å². The van der Waals surface area contributed by atoms with Crippen LogP contribution >= 0.6 is 27.3 Å². The van der Waals surface area contributed by atoms with Gasteiger partial charge in [-0.2, -0.15) is 5.10 Å². The summed E-state index contributed by atoms with van der Waals surface area (Å²) in [6, 6.07) is 2.06. The van der Waals surface area contributed by atoms with Crippen LogP contribution in [0.3, 0.4) is 0 Å². The molecule has 6 heteroatoms. The maximum atomic E-state index is 4.19. The van der Waals surface area contributed by atoms with Gasteiger partial charge in [-0.15, -0.1) is 11.3 Å². The van der Waals surface area contributed by atoms with Crippen LogP contribution in [-0.2, 0) is 20.1 Å². The molecule has 0 fully saturated rings. The van der Waals surface area contributed by atoms with Gasteiger partial charge in [0.25, 0.3) is 0 Å². The monoisotopic (exact) mass is 286 g/mol. The van der Waals surface area contributed by atoms with Crippen molar-refractivity contribution in [3.8, 4) is 0 Å². The second-order valence-electron chi connectivity index (χ2n) is 3.13. The topological polar surface area (TPSA) is 42.7 Å². The van der Waals surface area contributed by atoms with Gasteiger partial charge < -0.3 is 5.32 Å². The van der Waals surface area contributed by atoms with E-state index in [1.165, 1.54) is 4.88 Å². The summed E-state index contributed by atoms with van der Waals surface area (Å²) in [5.41, 5.74) is 0. The number of aryl methyl sites for hydroxylation is 1. The highest BCUT2D eigenvalue weighted by Gasteiger charge is 2.02. The van der Waals surface area contributed by atoms with E-state index in [9.17, 15) is 0 Å². The van der Waals surface area contributed by atoms with Crippen LogP contribution in [-0.4, -0.2) is 14.8 Å². The number of nitrogens with one attached hydrogen (secondary N) is 1. The van der Waals surface area contributed by atoms with Crippen molar-refractivity contribution in [2.24, 2.45) is 7.05 Å². The summed E-state index contributed by atoms with van der Waals surface area (Å²) in [5, 5.41) is 9.56. The molecule has 2 aromatic rings. The molecule has 0 aromatic carbocycles. The van der Waals surface area contributed by atoms with Crippen molar-refractivity contribution in [2.75, 3.05) is 0 Å². The van der Waals surface area contributed by atoms with Crippen molar-refractivity contribution in [1.82, 2.24) is 20.1 Å². The Morgan fingerprint density at radius 1 is 1.53 bits per heavy atom. The third-order valence-electron chi connectivity index (χ3n) is 1.91. The van der Waals surface area contributed by atoms with Crippen molar-refractivity contribution in [3.63, 3.8) is 0 Å². The molecule has 0 saturated heterocycles. The average Bonchev–Trinajstić information content (AvgIpc) is 2.77. The van der Waals surface area contributed by atoms with Crippen molar-refractivity contribution in [3.05, 3.63) is 32.9 Å². The first-order chi connectivity index (χ1) is 7.25. The second kappa shape index (κ2) is 4.87. The summed E-state index contributed by atoms with van der Waals surface area (Å²) in [7, 11) is 1.87. The minimum Gasteiger partial charge on any atom is -0.305 e. The quantitative estimate of drug-likeness (QED) is 0.934. The van der Waals surface area contributed by atoms with Crippen LogP contribution in [0.5, 0.6) is 0 Å². The Labute approximate surface area is 100 Å². The predicted octanol–water partition coefficient (Wildman–Crippen LogP) is 1.93. The van der Waals surface area contributed by atoms with Crippen LogP contribution in [0, 0.1) is 0 Å². The largest absolute Gasteiger partial charge is 0.305 e. The zero-order chi connectivity index (χ0) is 10.7. The van der Waals surface area contributed by atoms with Crippen LogP contribution in [0.1, 0.15) is 10.7 Å². The minimum absolute atomic E-state index is 0.700. The molecule has 0 aliphatic rings. The van der Waals surface area contributed by atoms with Gasteiger partial charge in [0.15, 0.2) is 5.82 Å². The van der Waals surface area contributed by atoms with E-state index in [2.05, 4.69) is 42.8 Å². The van der Waals surface area contributed by atoms with E-state index in [0.29, 0.717) is 6.54 Å². The van der Waals surface area contributed by atoms with Gasteiger partial charge in [-0.05, 0) is 27.4 Å². The molecule has 0 saturated carbocycles. The third kappa shape index (κ3) is 2.87. The number of hydrogen-bond donors (Lipinski definition) is 1. The van der Waals surface area contributed by atoms with Gasteiger partial charge in [-0.25, -0.2) is 4.98 Å². The van der Waals surface area contributed by atoms with Crippen LogP contribution < -0.4 is 5.32 Å². The fraction of sp³-hybridized carbons (Fsp3) is 0.333. The summed E-state index contributed by atoms with van der Waals surface area (Å²) in [5.74, 6) is 0.824. The average molecular weight is 287 g/mol. The van der Waals surface area contributed by atoms with Crippen molar-refractivity contribution in [1.29, 1.82) is 0 Å². The zero-order valence-electron chi connectivity index (χ0n) is 8.27. The third-order valence-corrected chi connectivity index (χ3v) is 3.83. The van der Waals surface area contributed by atoms with Gasteiger partial charge >= 0.3 is 0 Å². The number of hydrogen-bond acceptors (Lipinski definition) is 4. The molecular weight excluding hydrogens is 276 g/mol. The summed E-state index contributed by atoms with van der Waals surface area (Å²) in [6.07, 6.45) is 1.71. The Kier molecular flexibility index (Phi) is 3.50. The highest BCUT2D eigenvalue weighted by molar-refractivity contribution is 9.10. The first kappa shape index (κ1) is 10.8. The minimum atomic E-state index is 0.700. The molecule has 4 nitrogen and oxygen atoms in total. The molecule has 2 rings (SSSR count). The Balaban J connectivity index is 1.83. The summed E-state index contributed by atoms with van der Waals surface area (Å²) >= 11 is 5.23. The first-order valence-corrected chi connectivity index (χ1v) is 6.20. The number of nitrogens with zero attached hydrogens (tertiary/aromatic N) is 3. The molecule has 2 aromatic heterocycles. The van der Waals surface area contributed by atoms with E-state index in [1.54, 1.807) is 22.3 Å². The lowest BCUT2D eigenvalue weighted by atomic mass is 10.4. The summed E-state index contributed by atoms with van der Waals surface area (Å²) in [6.45, 7) is 1.54. The van der Waals surface area contributed by atoms with E-state index >= 15 is 0 Å². The normalized spacial score (nSPS) is 10.8. The maximum absolute atomic E-state index is 4.19. The van der Waals surface area contributed by atoms with Crippen LogP contribution in [0.4, 0.5) is 0 Å². The molecule has 0 unspecified atom stereocenters. The Morgan fingerprint density at radius 3 is 3.00 bits per heavy atom. The molecular formula is C9H11BrN4S. The second-order valence-corrected chi connectivity index (χ2v) is 4.98. The van der Waals surface area contributed by atoms with Gasteiger partial charge in [0.05, 0.1) is 6.54 Å². The van der Waals surface area contributed by atoms with E-state index in [-0.39, 0.29) is 0 Å². The summed E-state index contributed by atoms with van der Waals surface area (Å²) in [4.78, 5) is 5.44. The molecule has 15 heavy (non-hydrogen) atoms. The fourth-order valence-corrected chi connectivity index (χ4v) is 2.67. The lowest BCUT2D eigenvalue weighted by Gasteiger charge is -1.99. The molecule has 0 aliphatic heterocycles. The molecule has 0 aliphatic carbocycles. The van der Waals surface area contributed by atoms with Crippen LogP contribution in [0.2, 0.25) is 0 Å². The lowest BCUT2D eigenvalue weighted by Crippen LogP contribution is -2.13. The zero-order valence-corrected chi connectivity index (χ0v) is 10.7. The number of halogens is 1. The van der Waals surface area contributed by atoms with Gasteiger partial charge in [-0.1, -0.05) is 0 Å². The van der Waals surface area contributed by atoms with E-state index in [0.717, 1.165) is 16.8 Å². The molecule has 0 amide bonds. The Bertz CT molecular complexity index is 437. The van der Waals surface area contributed by atoms with Crippen molar-refractivity contribution < 1.29 is 0 Å². The van der Waals surface area contributed by atoms with E-state index < -0.39 is 0 Å². The predicted molar refractivity (Wildman–Crippen MR) is 63.6 cm³/mol. The van der Waals surface area contributed by atoms with Crippen LogP contribution in [0.15, 0.2) is 22.2 Å². The van der Waals surface area contributed by atoms with Gasteiger partial charge in [0, 0.05) is 22.9 Å².